The molecule has 4 aromatic carbocycles. The van der Waals surface area contributed by atoms with Crippen molar-refractivity contribution in [1.29, 1.82) is 0 Å². The van der Waals surface area contributed by atoms with E-state index >= 15 is 0 Å². The van der Waals surface area contributed by atoms with Crippen molar-refractivity contribution in [2.24, 2.45) is 17.2 Å². The number of aromatic amines is 1. The zero-order chi connectivity index (χ0) is 56.0. The smallest absolute Gasteiger partial charge is 0.245 e. The number of fused-ring (bicyclic) bond motifs is 1. The number of carbonyl (C=O) groups is 8. The molecule has 0 aliphatic carbocycles. The predicted molar refractivity (Wildman–Crippen MR) is 297 cm³/mol. The number of carbonyl (C=O) groups excluding carboxylic acids is 8. The molecule has 21 nitrogen and oxygen atoms in total. The number of primary amides is 1. The summed E-state index contributed by atoms with van der Waals surface area (Å²) in [6.45, 7) is 1.48. The number of aromatic hydroxyl groups is 1. The van der Waals surface area contributed by atoms with Crippen molar-refractivity contribution < 1.29 is 48.6 Å². The molecule has 0 saturated carbocycles. The summed E-state index contributed by atoms with van der Waals surface area (Å²) in [7, 11) is 0. The van der Waals surface area contributed by atoms with Crippen LogP contribution in [0.15, 0.2) is 115 Å². The average molecular weight is 1100 g/mol. The minimum Gasteiger partial charge on any atom is -0.508 e. The molecule has 1 aromatic heterocycles. The van der Waals surface area contributed by atoms with E-state index in [1.54, 1.807) is 85.1 Å². The molecule has 412 valence electrons. The number of aliphatic hydroxyl groups is 1. The highest BCUT2D eigenvalue weighted by atomic mass is 32.1. The fourth-order valence-corrected chi connectivity index (χ4v) is 8.70. The summed E-state index contributed by atoms with van der Waals surface area (Å²) in [6, 6.07) is 20.0. The number of aromatic nitrogens is 1. The summed E-state index contributed by atoms with van der Waals surface area (Å²) in [4.78, 5) is 114. The Hall–Kier alpha value is -7.44. The van der Waals surface area contributed by atoms with E-state index in [2.05, 4.69) is 67.5 Å². The molecule has 77 heavy (non-hydrogen) atoms. The van der Waals surface area contributed by atoms with E-state index < -0.39 is 102 Å². The molecule has 0 fully saturated rings. The Morgan fingerprint density at radius 3 is 1.47 bits per heavy atom. The van der Waals surface area contributed by atoms with Crippen LogP contribution in [0.1, 0.15) is 48.4 Å². The maximum atomic E-state index is 14.8. The zero-order valence-corrected chi connectivity index (χ0v) is 44.3. The van der Waals surface area contributed by atoms with Gasteiger partial charge in [-0.2, -0.15) is 25.3 Å². The van der Waals surface area contributed by atoms with Gasteiger partial charge in [-0.1, -0.05) is 91.0 Å². The van der Waals surface area contributed by atoms with E-state index in [1.165, 1.54) is 19.1 Å². The third kappa shape index (κ3) is 18.7. The Bertz CT molecular complexity index is 2770. The maximum absolute atomic E-state index is 14.8. The second-order valence-corrected chi connectivity index (χ2v) is 19.3. The third-order valence-electron chi connectivity index (χ3n) is 12.6. The van der Waals surface area contributed by atoms with Gasteiger partial charge in [0.1, 0.15) is 48.0 Å². The number of thiol groups is 2. The Kier molecular flexibility index (Phi) is 23.8. The third-order valence-corrected chi connectivity index (χ3v) is 13.3. The van der Waals surface area contributed by atoms with E-state index in [1.807, 2.05) is 18.2 Å². The van der Waals surface area contributed by atoms with Gasteiger partial charge in [0, 0.05) is 54.3 Å². The maximum Gasteiger partial charge on any atom is 0.245 e. The number of phenols is 1. The Morgan fingerprint density at radius 1 is 0.532 bits per heavy atom. The van der Waals surface area contributed by atoms with Gasteiger partial charge in [-0.05, 0) is 73.2 Å². The number of amides is 8. The van der Waals surface area contributed by atoms with Crippen LogP contribution >= 0.6 is 25.3 Å². The zero-order valence-electron chi connectivity index (χ0n) is 42.5. The number of phenolic OH excluding ortho intramolecular Hbond substituents is 1. The van der Waals surface area contributed by atoms with E-state index in [-0.39, 0.29) is 55.9 Å². The molecule has 0 spiro atoms. The molecule has 5 aromatic rings. The van der Waals surface area contributed by atoms with Gasteiger partial charge in [0.15, 0.2) is 0 Å². The number of H-pyrrole nitrogens is 1. The van der Waals surface area contributed by atoms with Crippen LogP contribution < -0.4 is 54.4 Å². The molecule has 0 saturated heterocycles. The molecule has 0 bridgehead atoms. The van der Waals surface area contributed by atoms with Gasteiger partial charge < -0.3 is 69.6 Å². The molecule has 5 rings (SSSR count). The first-order chi connectivity index (χ1) is 36.9. The van der Waals surface area contributed by atoms with Crippen molar-refractivity contribution in [3.63, 3.8) is 0 Å². The predicted octanol–water partition coefficient (Wildman–Crippen LogP) is -0.280. The first kappa shape index (κ1) is 60.4. The summed E-state index contributed by atoms with van der Waals surface area (Å²) in [6.07, 6.45) is 0.510. The summed E-state index contributed by atoms with van der Waals surface area (Å²) in [5.74, 6) is -6.80. The summed E-state index contributed by atoms with van der Waals surface area (Å²) >= 11 is 8.23. The quantitative estimate of drug-likeness (QED) is 0.0209. The van der Waals surface area contributed by atoms with Crippen molar-refractivity contribution in [3.05, 3.63) is 138 Å². The Morgan fingerprint density at radius 2 is 0.974 bits per heavy atom. The first-order valence-corrected chi connectivity index (χ1v) is 26.4. The number of nitrogens with two attached hydrogens (primary N) is 3. The van der Waals surface area contributed by atoms with Gasteiger partial charge in [0.2, 0.25) is 47.3 Å². The van der Waals surface area contributed by atoms with Crippen LogP contribution in [0.4, 0.5) is 0 Å². The van der Waals surface area contributed by atoms with Gasteiger partial charge in [0.05, 0.1) is 12.1 Å². The second kappa shape index (κ2) is 30.3. The number of nitrogens with one attached hydrogen (secondary N) is 8. The normalized spacial score (nSPS) is 14.7. The monoisotopic (exact) mass is 1100 g/mol. The fourth-order valence-electron chi connectivity index (χ4n) is 8.26. The number of para-hydroxylation sites is 1. The van der Waals surface area contributed by atoms with Crippen molar-refractivity contribution in [3.8, 4) is 5.75 Å². The molecule has 0 aliphatic heterocycles. The van der Waals surface area contributed by atoms with Gasteiger partial charge in [-0.3, -0.25) is 38.4 Å². The second-order valence-electron chi connectivity index (χ2n) is 18.6. The first-order valence-electron chi connectivity index (χ1n) is 25.1. The van der Waals surface area contributed by atoms with E-state index in [0.717, 1.165) is 10.9 Å². The lowest BCUT2D eigenvalue weighted by Crippen LogP contribution is -2.62. The minimum absolute atomic E-state index is 0.0133. The fraction of sp³-hybridized carbons (Fsp3) is 0.370. The molecule has 8 amide bonds. The molecule has 0 aliphatic rings. The van der Waals surface area contributed by atoms with E-state index in [0.29, 0.717) is 35.1 Å². The average Bonchev–Trinajstić information content (AvgIpc) is 3.83. The number of rotatable bonds is 30. The highest BCUT2D eigenvalue weighted by Crippen LogP contribution is 2.20. The minimum atomic E-state index is -1.69. The molecule has 9 atom stereocenters. The van der Waals surface area contributed by atoms with Crippen LogP contribution in [-0.4, -0.2) is 135 Å². The lowest BCUT2D eigenvalue weighted by atomic mass is 10.00. The molecular formula is C54H69N11O10S2. The summed E-state index contributed by atoms with van der Waals surface area (Å²) in [5.41, 5.74) is 20.4. The van der Waals surface area contributed by atoms with Crippen molar-refractivity contribution in [1.82, 2.24) is 42.2 Å². The van der Waals surface area contributed by atoms with E-state index in [4.69, 9.17) is 17.2 Å². The number of hydrogen-bond acceptors (Lipinski definition) is 14. The van der Waals surface area contributed by atoms with Crippen molar-refractivity contribution in [2.45, 2.75) is 106 Å². The lowest BCUT2D eigenvalue weighted by Gasteiger charge is -2.29. The Balaban J connectivity index is 1.45. The molecule has 1 heterocycles. The topological polar surface area (TPSA) is 355 Å². The highest BCUT2D eigenvalue weighted by Gasteiger charge is 2.36. The number of aliphatic hydroxyl groups excluding tert-OH is 1. The number of unbranched alkanes of at least 4 members (excludes halogenated alkanes) is 1. The molecular weight excluding hydrogens is 1030 g/mol. The van der Waals surface area contributed by atoms with Gasteiger partial charge in [-0.15, -0.1) is 0 Å². The van der Waals surface area contributed by atoms with Crippen LogP contribution in [0, 0.1) is 0 Å². The van der Waals surface area contributed by atoms with Crippen molar-refractivity contribution >= 4 is 83.4 Å². The van der Waals surface area contributed by atoms with Gasteiger partial charge >= 0.3 is 0 Å². The van der Waals surface area contributed by atoms with Crippen LogP contribution in [0.2, 0.25) is 0 Å². The van der Waals surface area contributed by atoms with E-state index in [9.17, 15) is 48.6 Å². The largest absolute Gasteiger partial charge is 0.508 e. The number of hydrogen-bond donors (Lipinski definition) is 15. The lowest BCUT2D eigenvalue weighted by molar-refractivity contribution is -0.137. The van der Waals surface area contributed by atoms with Crippen LogP contribution in [0.5, 0.6) is 5.75 Å². The SMILES string of the molecule is CC(O)[C@@H](NC(=O)[C@H](CCCCN)NC(=O)[C@@H](Cc1c[nH]c2ccccc12)NC(=O)[C@H](Cc1ccc(O)cc1)NC(=O)C(Cc1ccccc1)NC(=O)C(N)CS)C(=O)NC(Cc1ccccc1)C(=O)NC(CS)C(N)=O. The molecule has 23 heteroatoms. The molecule has 5 unspecified atom stereocenters. The summed E-state index contributed by atoms with van der Waals surface area (Å²) in [5, 5.41) is 40.4. The highest BCUT2D eigenvalue weighted by molar-refractivity contribution is 7.80. The summed E-state index contributed by atoms with van der Waals surface area (Å²) < 4.78 is 0. The van der Waals surface area contributed by atoms with Gasteiger partial charge in [0.25, 0.3) is 0 Å². The standard InChI is InChI=1S/C54H69N11O10S2/c1-31(66)46(54(75)63-43(25-33-14-6-3-7-15-33)52(73)64-45(30-77)47(57)68)65-49(70)40(18-10-11-23-55)59-53(74)44(27-35-28-58-39-17-9-8-16-37(35)39)62-51(72)42(26-34-19-21-36(67)22-20-34)61-50(71)41(60-48(69)38(56)29-76)24-32-12-4-2-5-13-32/h2-9,12-17,19-22,28,31,38,40-46,58,66-67,76-77H,10-11,18,23-27,29-30,55-56H2,1H3,(H2,57,68)(H,59,74)(H,60,69)(H,61,71)(H,62,72)(H,63,75)(H,64,73)(H,65,70)/t31?,38?,40-,41?,42-,43?,44+,45?,46+/m0/s1. The number of benzene rings is 4. The van der Waals surface area contributed by atoms with Crippen LogP contribution in [0.25, 0.3) is 10.9 Å². The molecule has 0 radical (unpaired) electrons. The van der Waals surface area contributed by atoms with Crippen LogP contribution in [0.3, 0.4) is 0 Å². The van der Waals surface area contributed by atoms with Crippen LogP contribution in [-0.2, 0) is 64.0 Å². The molecule has 16 N–H and O–H groups in total. The van der Waals surface area contributed by atoms with Gasteiger partial charge in [-0.25, -0.2) is 0 Å². The Labute approximate surface area is 457 Å². The van der Waals surface area contributed by atoms with Crippen molar-refractivity contribution in [2.75, 3.05) is 18.1 Å².